The van der Waals surface area contributed by atoms with Gasteiger partial charge < -0.3 is 0 Å². The lowest BCUT2D eigenvalue weighted by molar-refractivity contribution is 1.38. The Morgan fingerprint density at radius 1 is 0.0833 bits per heavy atom. The summed E-state index contributed by atoms with van der Waals surface area (Å²) in [5.74, 6) is 145. The summed E-state index contributed by atoms with van der Waals surface area (Å²) in [7, 11) is 0. The first kappa shape index (κ1) is 41.6. The SMILES string of the molecule is C1#CC#CC#CC#CC#CC#CC#CC#CC#CC#CC2=C3C#CC#CC#CC#CC#CC#CC#CC#CC#CC2=C3C#CC#CC#CC#CC#CC#CC#CC#CC#C1. The molecule has 0 saturated heterocycles. The van der Waals surface area contributed by atoms with Crippen LogP contribution in [0.25, 0.3) is 0 Å². The number of hydrogen-bond donors (Lipinski definition) is 0. The normalized spacial score (nSPS) is 9.87. The molecule has 4 aliphatic rings. The summed E-state index contributed by atoms with van der Waals surface area (Å²) in [5, 5.41) is 0. The molecule has 0 amide bonds. The summed E-state index contributed by atoms with van der Waals surface area (Å²) in [5.41, 5.74) is 1.83. The van der Waals surface area contributed by atoms with Gasteiger partial charge in [0.05, 0.1) is 22.3 Å². The first-order valence-corrected chi connectivity index (χ1v) is 15.5. The zero-order valence-corrected chi connectivity index (χ0v) is 30.0. The van der Waals surface area contributed by atoms with E-state index in [1.807, 2.05) is 0 Å². The van der Waals surface area contributed by atoms with E-state index in [1.165, 1.54) is 0 Å². The first-order valence-electron chi connectivity index (χ1n) is 15.5. The van der Waals surface area contributed by atoms with Crippen LogP contribution in [0.15, 0.2) is 22.3 Å². The van der Waals surface area contributed by atoms with E-state index in [4.69, 9.17) is 0 Å². The molecule has 0 heterocycles. The fourth-order valence-electron chi connectivity index (χ4n) is 2.81. The average Bonchev–Trinajstić information content (AvgIpc) is 3.25. The number of rotatable bonds is 0. The van der Waals surface area contributed by atoms with Crippen LogP contribution in [-0.4, -0.2) is 0 Å². The Labute approximate surface area is 352 Å². The van der Waals surface area contributed by atoms with Gasteiger partial charge in [0.1, 0.15) is 0 Å². The van der Waals surface area contributed by atoms with E-state index >= 15 is 0 Å². The maximum Gasteiger partial charge on any atom is 0.0595 e. The molecular weight excluding hydrogens is 721 g/mol. The van der Waals surface area contributed by atoms with Crippen molar-refractivity contribution in [3.63, 3.8) is 0 Å². The van der Waals surface area contributed by atoms with Crippen molar-refractivity contribution < 1.29 is 0 Å². The number of allylic oxidation sites excluding steroid dienone is 4. The predicted molar refractivity (Wildman–Crippen MR) is 232 cm³/mol. The van der Waals surface area contributed by atoms with Crippen molar-refractivity contribution in [1.82, 2.24) is 0 Å². The molecule has 60 heavy (non-hydrogen) atoms. The van der Waals surface area contributed by atoms with Gasteiger partial charge in [-0.3, -0.25) is 0 Å². The van der Waals surface area contributed by atoms with E-state index in [1.54, 1.807) is 0 Å². The molecule has 0 atom stereocenters. The third-order valence-corrected chi connectivity index (χ3v) is 4.88. The molecule has 4 bridgehead atoms. The second kappa shape index (κ2) is 30.9. The lowest BCUT2D eigenvalue weighted by Crippen LogP contribution is -2.08. The quantitative estimate of drug-likeness (QED) is 0.324. The van der Waals surface area contributed by atoms with Crippen LogP contribution < -0.4 is 0 Å². The molecule has 0 unspecified atom stereocenters. The Kier molecular flexibility index (Phi) is 21.4. The van der Waals surface area contributed by atoms with Crippen molar-refractivity contribution in [2.24, 2.45) is 0 Å². The zero-order valence-electron chi connectivity index (χ0n) is 30.0. The Balaban J connectivity index is 2.04. The zero-order chi connectivity index (χ0) is 41.9. The summed E-state index contributed by atoms with van der Waals surface area (Å²) in [6.07, 6.45) is 0. The van der Waals surface area contributed by atoms with E-state index < -0.39 is 0 Å². The molecule has 4 rings (SSSR count). The smallest absolute Gasteiger partial charge is 0.0501 e. The minimum atomic E-state index is 0.457. The van der Waals surface area contributed by atoms with Crippen molar-refractivity contribution >= 4 is 0 Å². The van der Waals surface area contributed by atoms with Gasteiger partial charge in [0, 0.05) is 118 Å². The van der Waals surface area contributed by atoms with Gasteiger partial charge in [-0.1, -0.05) is 23.7 Å². The van der Waals surface area contributed by atoms with E-state index in [0.29, 0.717) is 22.3 Å². The monoisotopic (exact) mass is 720 g/mol. The van der Waals surface area contributed by atoms with Crippen LogP contribution in [0, 0.1) is 332 Å². The standard InChI is InChI=1S/C60/c1-2-4-6-8-10-12-14-16-18-20-22-26-30-34-38-42-46-50-54-58-59-55-51-47-43-39-35-31-27-23-24-28-32-36-40-44-48-52-56-60(58)57(59)53-49-45-41-37-33-29-25-21-19-17-15-13-11-9-7-5-3-1. The fraction of sp³-hybridized carbons (Fsp3) is 0. The Morgan fingerprint density at radius 3 is 0.233 bits per heavy atom. The summed E-state index contributed by atoms with van der Waals surface area (Å²) >= 11 is 0. The van der Waals surface area contributed by atoms with Gasteiger partial charge in [0.15, 0.2) is 0 Å². The van der Waals surface area contributed by atoms with Gasteiger partial charge in [0.25, 0.3) is 0 Å². The molecule has 0 fully saturated rings. The Hall–Kier alpha value is -12.8. The minimum absolute atomic E-state index is 0.457. The van der Waals surface area contributed by atoms with Crippen molar-refractivity contribution in [3.8, 4) is 332 Å². The van der Waals surface area contributed by atoms with Crippen molar-refractivity contribution in [2.75, 3.05) is 0 Å². The third-order valence-electron chi connectivity index (χ3n) is 4.88. The molecule has 0 saturated carbocycles. The molecule has 0 aliphatic heterocycles. The van der Waals surface area contributed by atoms with E-state index in [0.717, 1.165) is 0 Å². The van der Waals surface area contributed by atoms with E-state index in [2.05, 4.69) is 332 Å². The van der Waals surface area contributed by atoms with Gasteiger partial charge in [-0.2, -0.15) is 0 Å². The van der Waals surface area contributed by atoms with Gasteiger partial charge in [-0.05, 0) is 189 Å². The molecule has 0 N–H and O–H groups in total. The fourth-order valence-corrected chi connectivity index (χ4v) is 2.81. The molecular formula is C60. The molecule has 4 aliphatic carbocycles. The van der Waals surface area contributed by atoms with Gasteiger partial charge in [0.2, 0.25) is 0 Å². The molecule has 0 radical (unpaired) electrons. The van der Waals surface area contributed by atoms with Gasteiger partial charge in [-0.15, -0.1) is 0 Å². The summed E-state index contributed by atoms with van der Waals surface area (Å²) < 4.78 is 0. The molecule has 0 aromatic rings. The molecule has 0 aromatic carbocycles. The van der Waals surface area contributed by atoms with Crippen LogP contribution >= 0.6 is 0 Å². The lowest BCUT2D eigenvalue weighted by Gasteiger charge is -2.17. The maximum atomic E-state index is 2.95. The highest BCUT2D eigenvalue weighted by Gasteiger charge is 2.25. The second-order valence-corrected chi connectivity index (χ2v) is 8.50. The molecule has 0 nitrogen and oxygen atoms in total. The van der Waals surface area contributed by atoms with Crippen LogP contribution in [0.4, 0.5) is 0 Å². The molecule has 0 aromatic heterocycles. The van der Waals surface area contributed by atoms with Crippen LogP contribution in [0.2, 0.25) is 0 Å². The van der Waals surface area contributed by atoms with E-state index in [9.17, 15) is 0 Å². The molecule has 240 valence electrons. The van der Waals surface area contributed by atoms with E-state index in [-0.39, 0.29) is 0 Å². The number of fused-ring (bicyclic) bond motifs is 18. The van der Waals surface area contributed by atoms with Crippen molar-refractivity contribution in [1.29, 1.82) is 0 Å². The molecule has 0 heteroatoms. The van der Waals surface area contributed by atoms with Gasteiger partial charge >= 0.3 is 0 Å². The number of hydrogen-bond acceptors (Lipinski definition) is 0. The lowest BCUT2D eigenvalue weighted by atomic mass is 9.81. The van der Waals surface area contributed by atoms with Gasteiger partial charge in [-0.25, -0.2) is 0 Å². The Morgan fingerprint density at radius 2 is 0.150 bits per heavy atom. The van der Waals surface area contributed by atoms with Crippen LogP contribution in [0.1, 0.15) is 0 Å². The molecule has 0 spiro atoms. The highest BCUT2D eigenvalue weighted by atomic mass is 14.2. The van der Waals surface area contributed by atoms with Crippen LogP contribution in [0.5, 0.6) is 0 Å². The first-order chi connectivity index (χ1) is 30.0. The summed E-state index contributed by atoms with van der Waals surface area (Å²) in [6.45, 7) is 0. The second-order valence-electron chi connectivity index (χ2n) is 8.50. The summed E-state index contributed by atoms with van der Waals surface area (Å²) in [4.78, 5) is 0. The van der Waals surface area contributed by atoms with Crippen molar-refractivity contribution in [2.45, 2.75) is 0 Å². The van der Waals surface area contributed by atoms with Crippen LogP contribution in [0.3, 0.4) is 0 Å². The maximum absolute atomic E-state index is 2.95. The highest BCUT2D eigenvalue weighted by Crippen LogP contribution is 2.33. The highest BCUT2D eigenvalue weighted by molar-refractivity contribution is 5.83. The topological polar surface area (TPSA) is 0 Å². The predicted octanol–water partition coefficient (Wildman–Crippen LogP) is 0.716. The Bertz CT molecular complexity index is 3740. The third kappa shape index (κ3) is 20.7. The summed E-state index contributed by atoms with van der Waals surface area (Å²) in [6, 6.07) is 0. The largest absolute Gasteiger partial charge is 0.0595 e. The average molecular weight is 721 g/mol. The van der Waals surface area contributed by atoms with Crippen LogP contribution in [-0.2, 0) is 0 Å². The van der Waals surface area contributed by atoms with Crippen molar-refractivity contribution in [3.05, 3.63) is 22.3 Å². The minimum Gasteiger partial charge on any atom is -0.0501 e.